The van der Waals surface area contributed by atoms with Gasteiger partial charge in [-0.3, -0.25) is 14.9 Å². The van der Waals surface area contributed by atoms with Crippen LogP contribution in [0, 0.1) is 11.2 Å². The second-order valence-corrected chi connectivity index (χ2v) is 10.3. The first-order chi connectivity index (χ1) is 18.7. The van der Waals surface area contributed by atoms with Crippen LogP contribution < -0.4 is 5.32 Å². The molecule has 0 saturated carbocycles. The fraction of sp³-hybridized carbons (Fsp3) is 0.138. The van der Waals surface area contributed by atoms with Gasteiger partial charge in [0.05, 0.1) is 17.4 Å². The molecule has 0 saturated heterocycles. The predicted octanol–water partition coefficient (Wildman–Crippen LogP) is 6.06. The molecular formula is C29H24FN7O2. The van der Waals surface area contributed by atoms with Crippen molar-refractivity contribution < 1.29 is 14.3 Å². The number of nitrogens with zero attached hydrogens (tertiary/aromatic N) is 4. The van der Waals surface area contributed by atoms with E-state index in [0.29, 0.717) is 39.5 Å². The average Bonchev–Trinajstić information content (AvgIpc) is 3.51. The van der Waals surface area contributed by atoms with Gasteiger partial charge in [0, 0.05) is 40.4 Å². The molecule has 39 heavy (non-hydrogen) atoms. The first-order valence-corrected chi connectivity index (χ1v) is 12.3. The molecule has 0 fully saturated rings. The van der Waals surface area contributed by atoms with Crippen molar-refractivity contribution in [1.29, 1.82) is 0 Å². The maximum absolute atomic E-state index is 14.0. The molecule has 6 rings (SSSR count). The Bertz CT molecular complexity index is 1860. The zero-order valence-corrected chi connectivity index (χ0v) is 21.4. The van der Waals surface area contributed by atoms with E-state index in [-0.39, 0.29) is 11.7 Å². The van der Waals surface area contributed by atoms with E-state index in [0.717, 1.165) is 28.1 Å². The highest BCUT2D eigenvalue weighted by molar-refractivity contribution is 5.98. The SMILES string of the molecule is CC(C)(C)C(=O)Nc1cncc(-c2ccc3[nH]nc(-c4nc5c(-c6cc(O)cc(F)c6)ccnc5[nH]4)c3c2)c1. The summed E-state index contributed by atoms with van der Waals surface area (Å²) in [5.41, 5.74) is 5.32. The maximum atomic E-state index is 14.0. The molecule has 4 heterocycles. The normalized spacial score (nSPS) is 11.8. The second kappa shape index (κ2) is 9.02. The molecule has 10 heteroatoms. The summed E-state index contributed by atoms with van der Waals surface area (Å²) in [5, 5.41) is 21.2. The molecular weight excluding hydrogens is 497 g/mol. The van der Waals surface area contributed by atoms with Crippen LogP contribution in [-0.2, 0) is 4.79 Å². The number of pyridine rings is 2. The Balaban J connectivity index is 1.41. The van der Waals surface area contributed by atoms with E-state index in [2.05, 4.69) is 30.5 Å². The summed E-state index contributed by atoms with van der Waals surface area (Å²) in [4.78, 5) is 29.1. The highest BCUT2D eigenvalue weighted by Crippen LogP contribution is 2.34. The molecule has 0 atom stereocenters. The number of phenols is 1. The number of imidazole rings is 1. The summed E-state index contributed by atoms with van der Waals surface area (Å²) in [5.74, 6) is -0.334. The number of aromatic nitrogens is 6. The summed E-state index contributed by atoms with van der Waals surface area (Å²) in [6.45, 7) is 5.56. The van der Waals surface area contributed by atoms with E-state index in [4.69, 9.17) is 4.98 Å². The third-order valence-corrected chi connectivity index (χ3v) is 6.38. The molecule has 9 nitrogen and oxygen atoms in total. The third kappa shape index (κ3) is 4.56. The van der Waals surface area contributed by atoms with Crippen LogP contribution in [0.1, 0.15) is 20.8 Å². The Morgan fingerprint density at radius 2 is 1.85 bits per heavy atom. The number of hydrogen-bond donors (Lipinski definition) is 4. The Morgan fingerprint density at radius 1 is 1.00 bits per heavy atom. The van der Waals surface area contributed by atoms with E-state index in [1.807, 2.05) is 45.0 Å². The first-order valence-electron chi connectivity index (χ1n) is 12.3. The average molecular weight is 522 g/mol. The smallest absolute Gasteiger partial charge is 0.229 e. The Morgan fingerprint density at radius 3 is 2.64 bits per heavy atom. The number of aromatic hydroxyl groups is 1. The molecule has 2 aromatic carbocycles. The number of carbonyl (C=O) groups excluding carboxylic acids is 1. The molecule has 0 bridgehead atoms. The monoisotopic (exact) mass is 521 g/mol. The topological polar surface area (TPSA) is 132 Å². The fourth-order valence-corrected chi connectivity index (χ4v) is 4.34. The van der Waals surface area contributed by atoms with Gasteiger partial charge in [0.25, 0.3) is 0 Å². The van der Waals surface area contributed by atoms with Crippen LogP contribution in [-0.4, -0.2) is 41.1 Å². The molecule has 0 aliphatic rings. The summed E-state index contributed by atoms with van der Waals surface area (Å²) in [6.07, 6.45) is 4.95. The molecule has 0 unspecified atom stereocenters. The van der Waals surface area contributed by atoms with Crippen molar-refractivity contribution in [2.24, 2.45) is 5.41 Å². The van der Waals surface area contributed by atoms with Crippen LogP contribution in [0.5, 0.6) is 5.75 Å². The fourth-order valence-electron chi connectivity index (χ4n) is 4.34. The number of aromatic amines is 2. The van der Waals surface area contributed by atoms with Crippen molar-refractivity contribution in [3.63, 3.8) is 0 Å². The maximum Gasteiger partial charge on any atom is 0.229 e. The van der Waals surface area contributed by atoms with Crippen molar-refractivity contribution in [2.45, 2.75) is 20.8 Å². The lowest BCUT2D eigenvalue weighted by Gasteiger charge is -2.17. The molecule has 1 amide bonds. The molecule has 0 spiro atoms. The van der Waals surface area contributed by atoms with E-state index in [9.17, 15) is 14.3 Å². The zero-order chi connectivity index (χ0) is 27.3. The third-order valence-electron chi connectivity index (χ3n) is 6.38. The Kier molecular flexibility index (Phi) is 5.60. The number of benzene rings is 2. The summed E-state index contributed by atoms with van der Waals surface area (Å²) >= 11 is 0. The second-order valence-electron chi connectivity index (χ2n) is 10.3. The van der Waals surface area contributed by atoms with Crippen molar-refractivity contribution in [3.05, 3.63) is 72.9 Å². The van der Waals surface area contributed by atoms with Crippen LogP contribution in [0.4, 0.5) is 10.1 Å². The van der Waals surface area contributed by atoms with E-state index in [1.54, 1.807) is 24.7 Å². The number of H-pyrrole nitrogens is 2. The number of carbonyl (C=O) groups is 1. The zero-order valence-electron chi connectivity index (χ0n) is 21.4. The van der Waals surface area contributed by atoms with Gasteiger partial charge < -0.3 is 15.4 Å². The van der Waals surface area contributed by atoms with Gasteiger partial charge in [0.1, 0.15) is 22.8 Å². The number of phenolic OH excluding ortho intramolecular Hbond substituents is 1. The van der Waals surface area contributed by atoms with Gasteiger partial charge in [0.2, 0.25) is 5.91 Å². The minimum Gasteiger partial charge on any atom is -0.508 e. The van der Waals surface area contributed by atoms with Crippen LogP contribution in [0.15, 0.2) is 67.1 Å². The van der Waals surface area contributed by atoms with E-state index >= 15 is 0 Å². The van der Waals surface area contributed by atoms with Crippen molar-refractivity contribution in [2.75, 3.05) is 5.32 Å². The highest BCUT2D eigenvalue weighted by atomic mass is 19.1. The number of rotatable bonds is 4. The van der Waals surface area contributed by atoms with Gasteiger partial charge in [-0.2, -0.15) is 5.10 Å². The lowest BCUT2D eigenvalue weighted by molar-refractivity contribution is -0.123. The van der Waals surface area contributed by atoms with Crippen LogP contribution in [0.2, 0.25) is 0 Å². The van der Waals surface area contributed by atoms with Crippen LogP contribution in [0.3, 0.4) is 0 Å². The molecule has 6 aromatic rings. The number of hydrogen-bond acceptors (Lipinski definition) is 6. The quantitative estimate of drug-likeness (QED) is 0.223. The standard InChI is InChI=1S/C29H24FN7O2/c1-29(2,3)28(39)33-19-9-17(13-31-14-19)15-4-5-23-22(11-15)25(37-36-23)27-34-24-21(6-7-32-26(24)35-27)16-8-18(30)12-20(38)10-16/h4-14,38H,1-3H3,(H,33,39)(H,36,37)(H,32,34,35). The summed E-state index contributed by atoms with van der Waals surface area (Å²) in [6, 6.07) is 13.3. The molecule has 4 aromatic heterocycles. The molecule has 194 valence electrons. The minimum absolute atomic E-state index is 0.0969. The van der Waals surface area contributed by atoms with E-state index in [1.165, 1.54) is 12.1 Å². The molecule has 4 N–H and O–H groups in total. The van der Waals surface area contributed by atoms with Crippen LogP contribution in [0.25, 0.3) is 55.8 Å². The predicted molar refractivity (Wildman–Crippen MR) is 147 cm³/mol. The highest BCUT2D eigenvalue weighted by Gasteiger charge is 2.21. The van der Waals surface area contributed by atoms with Gasteiger partial charge >= 0.3 is 0 Å². The van der Waals surface area contributed by atoms with Crippen molar-refractivity contribution in [3.8, 4) is 39.5 Å². The van der Waals surface area contributed by atoms with Crippen LogP contribution >= 0.6 is 0 Å². The number of anilines is 1. The van der Waals surface area contributed by atoms with Gasteiger partial charge in [0.15, 0.2) is 11.5 Å². The van der Waals surface area contributed by atoms with Gasteiger partial charge in [-0.15, -0.1) is 0 Å². The number of halogens is 1. The lowest BCUT2D eigenvalue weighted by atomic mass is 9.95. The summed E-state index contributed by atoms with van der Waals surface area (Å²) in [7, 11) is 0. The van der Waals surface area contributed by atoms with Gasteiger partial charge in [-0.1, -0.05) is 26.8 Å². The first kappa shape index (κ1) is 24.2. The molecule has 0 radical (unpaired) electrons. The number of fused-ring (bicyclic) bond motifs is 2. The number of amides is 1. The van der Waals surface area contributed by atoms with E-state index < -0.39 is 11.2 Å². The Hall–Kier alpha value is -5.12. The molecule has 0 aliphatic carbocycles. The molecule has 0 aliphatic heterocycles. The summed E-state index contributed by atoms with van der Waals surface area (Å²) < 4.78 is 14.0. The largest absolute Gasteiger partial charge is 0.508 e. The van der Waals surface area contributed by atoms with Crippen molar-refractivity contribution >= 4 is 33.7 Å². The lowest BCUT2D eigenvalue weighted by Crippen LogP contribution is -2.27. The van der Waals surface area contributed by atoms with Gasteiger partial charge in [-0.25, -0.2) is 14.4 Å². The minimum atomic E-state index is -0.548. The van der Waals surface area contributed by atoms with Gasteiger partial charge in [-0.05, 0) is 47.5 Å². The Labute approximate surface area is 222 Å². The number of nitrogens with one attached hydrogen (secondary N) is 3. The van der Waals surface area contributed by atoms with Crippen molar-refractivity contribution in [1.82, 2.24) is 30.1 Å².